The van der Waals surface area contributed by atoms with Crippen LogP contribution in [0.25, 0.3) is 0 Å². The Morgan fingerprint density at radius 2 is 1.78 bits per heavy atom. The minimum atomic E-state index is -3.74. The van der Waals surface area contributed by atoms with Gasteiger partial charge >= 0.3 is 0 Å². The van der Waals surface area contributed by atoms with E-state index < -0.39 is 10.0 Å². The molecule has 0 atom stereocenters. The second kappa shape index (κ2) is 6.50. The molecule has 1 amide bonds. The quantitative estimate of drug-likeness (QED) is 0.900. The summed E-state index contributed by atoms with van der Waals surface area (Å²) in [6, 6.07) is 12.4. The van der Waals surface area contributed by atoms with Crippen molar-refractivity contribution in [1.29, 1.82) is 5.26 Å². The number of nitriles is 1. The van der Waals surface area contributed by atoms with Crippen molar-refractivity contribution < 1.29 is 13.2 Å². The molecule has 0 aliphatic heterocycles. The van der Waals surface area contributed by atoms with Crippen LogP contribution in [-0.2, 0) is 14.8 Å². The summed E-state index contributed by atoms with van der Waals surface area (Å²) in [5.41, 5.74) is 2.14. The van der Waals surface area contributed by atoms with Crippen LogP contribution in [0.4, 0.5) is 11.4 Å². The molecule has 0 heterocycles. The van der Waals surface area contributed by atoms with Gasteiger partial charge in [0.25, 0.3) is 10.0 Å². The minimum absolute atomic E-state index is 0.0695. The van der Waals surface area contributed by atoms with E-state index in [1.807, 2.05) is 6.07 Å². The van der Waals surface area contributed by atoms with Gasteiger partial charge in [-0.3, -0.25) is 9.52 Å². The van der Waals surface area contributed by atoms with Gasteiger partial charge in [0.2, 0.25) is 5.91 Å². The highest BCUT2D eigenvalue weighted by Crippen LogP contribution is 2.22. The van der Waals surface area contributed by atoms with Crippen molar-refractivity contribution in [2.75, 3.05) is 10.0 Å². The Morgan fingerprint density at radius 1 is 1.13 bits per heavy atom. The molecule has 7 heteroatoms. The van der Waals surface area contributed by atoms with Gasteiger partial charge in [-0.2, -0.15) is 5.26 Å². The molecular weight excluding hydrogens is 314 g/mol. The summed E-state index contributed by atoms with van der Waals surface area (Å²) >= 11 is 0. The van der Waals surface area contributed by atoms with E-state index in [0.29, 0.717) is 16.9 Å². The van der Waals surface area contributed by atoms with E-state index in [2.05, 4.69) is 10.0 Å². The average molecular weight is 329 g/mol. The zero-order valence-corrected chi connectivity index (χ0v) is 13.4. The maximum Gasteiger partial charge on any atom is 0.261 e. The molecule has 0 saturated heterocycles. The summed E-state index contributed by atoms with van der Waals surface area (Å²) in [6.45, 7) is 3.17. The first-order chi connectivity index (χ1) is 10.8. The Labute approximate surface area is 134 Å². The number of aryl methyl sites for hydroxylation is 1. The molecule has 0 saturated carbocycles. The summed E-state index contributed by atoms with van der Waals surface area (Å²) in [7, 11) is -3.74. The number of carbonyl (C=O) groups excluding carboxylic acids is 1. The number of carbonyl (C=O) groups is 1. The Kier molecular flexibility index (Phi) is 4.67. The zero-order valence-electron chi connectivity index (χ0n) is 12.6. The number of sulfonamides is 1. The molecule has 0 radical (unpaired) electrons. The summed E-state index contributed by atoms with van der Waals surface area (Å²) in [4.78, 5) is 11.1. The fourth-order valence-corrected chi connectivity index (χ4v) is 3.03. The maximum absolute atomic E-state index is 12.3. The summed E-state index contributed by atoms with van der Waals surface area (Å²) < 4.78 is 27.1. The number of anilines is 2. The third-order valence-corrected chi connectivity index (χ3v) is 4.48. The highest BCUT2D eigenvalue weighted by Gasteiger charge is 2.14. The molecule has 0 bridgehead atoms. The molecule has 0 unspecified atom stereocenters. The van der Waals surface area contributed by atoms with E-state index in [9.17, 15) is 13.2 Å². The molecular formula is C16H15N3O3S. The molecule has 6 nitrogen and oxygen atoms in total. The first-order valence-corrected chi connectivity index (χ1v) is 8.21. The van der Waals surface area contributed by atoms with Crippen LogP contribution in [0, 0.1) is 18.3 Å². The number of benzene rings is 2. The van der Waals surface area contributed by atoms with Crippen molar-refractivity contribution >= 4 is 27.3 Å². The van der Waals surface area contributed by atoms with Gasteiger partial charge in [-0.25, -0.2) is 8.42 Å². The normalized spacial score (nSPS) is 10.7. The second-order valence-electron chi connectivity index (χ2n) is 4.95. The lowest BCUT2D eigenvalue weighted by Crippen LogP contribution is -2.13. The van der Waals surface area contributed by atoms with Gasteiger partial charge in [-0.05, 0) is 55.0 Å². The number of nitrogens with zero attached hydrogens (tertiary/aromatic N) is 1. The van der Waals surface area contributed by atoms with E-state index >= 15 is 0 Å². The smallest absolute Gasteiger partial charge is 0.261 e. The molecule has 118 valence electrons. The molecule has 0 spiro atoms. The number of hydrogen-bond acceptors (Lipinski definition) is 4. The summed E-state index contributed by atoms with van der Waals surface area (Å²) in [5.74, 6) is -0.195. The Balaban J connectivity index is 2.25. The van der Waals surface area contributed by atoms with Crippen molar-refractivity contribution in [2.24, 2.45) is 0 Å². The predicted molar refractivity (Wildman–Crippen MR) is 87.4 cm³/mol. The van der Waals surface area contributed by atoms with Crippen LogP contribution in [0.5, 0.6) is 0 Å². The van der Waals surface area contributed by atoms with Gasteiger partial charge in [-0.15, -0.1) is 0 Å². The monoisotopic (exact) mass is 329 g/mol. The summed E-state index contributed by atoms with van der Waals surface area (Å²) in [5, 5.41) is 11.4. The summed E-state index contributed by atoms with van der Waals surface area (Å²) in [6.07, 6.45) is 0. The van der Waals surface area contributed by atoms with Crippen LogP contribution in [0.2, 0.25) is 0 Å². The minimum Gasteiger partial charge on any atom is -0.326 e. The largest absolute Gasteiger partial charge is 0.326 e. The lowest BCUT2D eigenvalue weighted by atomic mass is 10.2. The molecule has 0 aliphatic rings. The number of amides is 1. The van der Waals surface area contributed by atoms with Crippen LogP contribution in [0.3, 0.4) is 0 Å². The van der Waals surface area contributed by atoms with E-state index in [-0.39, 0.29) is 10.8 Å². The van der Waals surface area contributed by atoms with Crippen LogP contribution in [0.1, 0.15) is 18.1 Å². The van der Waals surface area contributed by atoms with Crippen molar-refractivity contribution in [1.82, 2.24) is 0 Å². The van der Waals surface area contributed by atoms with Gasteiger partial charge in [0.15, 0.2) is 0 Å². The molecule has 2 aromatic carbocycles. The van der Waals surface area contributed by atoms with E-state index in [4.69, 9.17) is 5.26 Å². The van der Waals surface area contributed by atoms with Crippen molar-refractivity contribution in [3.63, 3.8) is 0 Å². The van der Waals surface area contributed by atoms with Gasteiger partial charge in [0.1, 0.15) is 0 Å². The molecule has 0 aromatic heterocycles. The van der Waals surface area contributed by atoms with Crippen LogP contribution >= 0.6 is 0 Å². The number of nitrogens with one attached hydrogen (secondary N) is 2. The first-order valence-electron chi connectivity index (χ1n) is 6.73. The maximum atomic E-state index is 12.3. The van der Waals surface area contributed by atoms with Gasteiger partial charge in [0.05, 0.1) is 16.5 Å². The molecule has 0 fully saturated rings. The molecule has 2 rings (SSSR count). The van der Waals surface area contributed by atoms with Crippen molar-refractivity contribution in [3.05, 3.63) is 53.6 Å². The lowest BCUT2D eigenvalue weighted by Gasteiger charge is -2.11. The number of hydrogen-bond donors (Lipinski definition) is 2. The van der Waals surface area contributed by atoms with E-state index in [1.165, 1.54) is 31.2 Å². The zero-order chi connectivity index (χ0) is 17.0. The highest BCUT2D eigenvalue weighted by atomic mass is 32.2. The number of rotatable bonds is 4. The van der Waals surface area contributed by atoms with Gasteiger partial charge in [-0.1, -0.05) is 0 Å². The SMILES string of the molecule is CC(=O)Nc1ccc(NS(=O)(=O)c2ccc(C#N)cc2)cc1C. The van der Waals surface area contributed by atoms with Crippen LogP contribution in [0.15, 0.2) is 47.4 Å². The van der Waals surface area contributed by atoms with Crippen molar-refractivity contribution in [2.45, 2.75) is 18.7 Å². The van der Waals surface area contributed by atoms with E-state index in [1.54, 1.807) is 25.1 Å². The van der Waals surface area contributed by atoms with Gasteiger partial charge < -0.3 is 5.32 Å². The molecule has 23 heavy (non-hydrogen) atoms. The fourth-order valence-electron chi connectivity index (χ4n) is 1.98. The Hall–Kier alpha value is -2.85. The van der Waals surface area contributed by atoms with Crippen LogP contribution in [-0.4, -0.2) is 14.3 Å². The fraction of sp³-hybridized carbons (Fsp3) is 0.125. The van der Waals surface area contributed by atoms with Crippen LogP contribution < -0.4 is 10.0 Å². The molecule has 2 aromatic rings. The Bertz CT molecular complexity index is 882. The molecule has 0 aliphatic carbocycles. The lowest BCUT2D eigenvalue weighted by molar-refractivity contribution is -0.114. The van der Waals surface area contributed by atoms with Gasteiger partial charge in [0, 0.05) is 18.3 Å². The Morgan fingerprint density at radius 3 is 2.30 bits per heavy atom. The van der Waals surface area contributed by atoms with E-state index in [0.717, 1.165) is 5.56 Å². The average Bonchev–Trinajstić information content (AvgIpc) is 2.49. The highest BCUT2D eigenvalue weighted by molar-refractivity contribution is 7.92. The third-order valence-electron chi connectivity index (χ3n) is 3.08. The third kappa shape index (κ3) is 4.08. The first kappa shape index (κ1) is 16.5. The standard InChI is InChI=1S/C16H15N3O3S/c1-11-9-14(5-8-16(11)18-12(2)20)19-23(21,22)15-6-3-13(10-17)4-7-15/h3-9,19H,1-2H3,(H,18,20). The predicted octanol–water partition coefficient (Wildman–Crippen LogP) is 2.63. The molecule has 2 N–H and O–H groups in total. The second-order valence-corrected chi connectivity index (χ2v) is 6.63. The van der Waals surface area contributed by atoms with Crippen molar-refractivity contribution in [3.8, 4) is 6.07 Å². The topological polar surface area (TPSA) is 99.1 Å².